The van der Waals surface area contributed by atoms with Gasteiger partial charge in [-0.05, 0) is 75.6 Å². The molecule has 0 bridgehead atoms. The molecule has 0 aliphatic heterocycles. The van der Waals surface area contributed by atoms with Crippen molar-refractivity contribution in [1.29, 1.82) is 0 Å². The summed E-state index contributed by atoms with van der Waals surface area (Å²) in [5.41, 5.74) is 12.7. The molecule has 0 radical (unpaired) electrons. The first-order valence-electron chi connectivity index (χ1n) is 10.9. The van der Waals surface area contributed by atoms with Gasteiger partial charge in [0.1, 0.15) is 5.75 Å². The molecule has 5 nitrogen and oxygen atoms in total. The first-order valence-corrected chi connectivity index (χ1v) is 10.9. The van der Waals surface area contributed by atoms with Gasteiger partial charge in [0.05, 0.1) is 12.3 Å². The predicted molar refractivity (Wildman–Crippen MR) is 117 cm³/mol. The molecule has 0 amide bonds. The molecule has 3 aromatic rings. The molecule has 29 heavy (non-hydrogen) atoms. The number of aryl methyl sites for hydroxylation is 3. The Morgan fingerprint density at radius 2 is 1.83 bits per heavy atom. The van der Waals surface area contributed by atoms with E-state index in [1.807, 2.05) is 11.4 Å². The van der Waals surface area contributed by atoms with Gasteiger partial charge in [-0.25, -0.2) is 9.50 Å². The SMILES string of the molecule is CCc1nn2c(C)cc(C)nc2c1Cc1ccc(OCC2CCC(N)CC2)cc1. The number of benzene rings is 1. The third-order valence-corrected chi connectivity index (χ3v) is 6.09. The molecule has 1 aliphatic carbocycles. The number of nitrogens with zero attached hydrogens (tertiary/aromatic N) is 3. The molecule has 0 atom stereocenters. The fourth-order valence-electron chi connectivity index (χ4n) is 4.35. The Bertz CT molecular complexity index is 969. The van der Waals surface area contributed by atoms with Gasteiger partial charge in [-0.1, -0.05) is 19.1 Å². The van der Waals surface area contributed by atoms with Gasteiger partial charge in [-0.3, -0.25) is 0 Å². The lowest BCUT2D eigenvalue weighted by molar-refractivity contribution is 0.200. The van der Waals surface area contributed by atoms with Crippen molar-refractivity contribution in [3.63, 3.8) is 0 Å². The number of rotatable bonds is 6. The van der Waals surface area contributed by atoms with Crippen molar-refractivity contribution < 1.29 is 4.74 Å². The zero-order valence-corrected chi connectivity index (χ0v) is 17.8. The molecule has 0 unspecified atom stereocenters. The van der Waals surface area contributed by atoms with Gasteiger partial charge in [-0.2, -0.15) is 5.10 Å². The highest BCUT2D eigenvalue weighted by Gasteiger charge is 2.19. The summed E-state index contributed by atoms with van der Waals surface area (Å²) in [5, 5.41) is 4.79. The van der Waals surface area contributed by atoms with Crippen LogP contribution < -0.4 is 10.5 Å². The van der Waals surface area contributed by atoms with E-state index in [9.17, 15) is 0 Å². The summed E-state index contributed by atoms with van der Waals surface area (Å²) in [6, 6.07) is 11.0. The zero-order valence-electron chi connectivity index (χ0n) is 17.8. The average Bonchev–Trinajstić information content (AvgIpc) is 3.06. The normalized spacial score (nSPS) is 19.6. The lowest BCUT2D eigenvalue weighted by atomic mass is 9.87. The molecule has 1 aromatic carbocycles. The van der Waals surface area contributed by atoms with E-state index in [4.69, 9.17) is 20.6 Å². The molecule has 1 aliphatic rings. The average molecular weight is 393 g/mol. The number of hydrogen-bond acceptors (Lipinski definition) is 4. The third-order valence-electron chi connectivity index (χ3n) is 6.09. The van der Waals surface area contributed by atoms with Crippen molar-refractivity contribution >= 4 is 5.65 Å². The van der Waals surface area contributed by atoms with Crippen molar-refractivity contribution in [3.8, 4) is 5.75 Å². The Hall–Kier alpha value is -2.40. The first-order chi connectivity index (χ1) is 14.0. The molecular formula is C24H32N4O. The lowest BCUT2D eigenvalue weighted by Gasteiger charge is -2.25. The predicted octanol–water partition coefficient (Wildman–Crippen LogP) is 4.40. The molecule has 1 fully saturated rings. The second-order valence-electron chi connectivity index (χ2n) is 8.47. The summed E-state index contributed by atoms with van der Waals surface area (Å²) in [7, 11) is 0. The maximum atomic E-state index is 6.05. The Morgan fingerprint density at radius 1 is 1.10 bits per heavy atom. The Kier molecular flexibility index (Phi) is 5.86. The van der Waals surface area contributed by atoms with E-state index in [0.29, 0.717) is 12.0 Å². The summed E-state index contributed by atoms with van der Waals surface area (Å²) in [5.74, 6) is 1.59. The van der Waals surface area contributed by atoms with Crippen molar-refractivity contribution in [1.82, 2.24) is 14.6 Å². The van der Waals surface area contributed by atoms with Crippen LogP contribution in [0.3, 0.4) is 0 Å². The first kappa shape index (κ1) is 19.9. The van der Waals surface area contributed by atoms with Crippen molar-refractivity contribution in [2.24, 2.45) is 11.7 Å². The molecule has 1 saturated carbocycles. The highest BCUT2D eigenvalue weighted by atomic mass is 16.5. The minimum absolute atomic E-state index is 0.389. The molecule has 2 N–H and O–H groups in total. The van der Waals surface area contributed by atoms with E-state index < -0.39 is 0 Å². The third kappa shape index (κ3) is 4.45. The van der Waals surface area contributed by atoms with E-state index in [0.717, 1.165) is 60.8 Å². The van der Waals surface area contributed by atoms with Gasteiger partial charge >= 0.3 is 0 Å². The van der Waals surface area contributed by atoms with Crippen LogP contribution in [-0.2, 0) is 12.8 Å². The van der Waals surface area contributed by atoms with Crippen LogP contribution in [0, 0.1) is 19.8 Å². The van der Waals surface area contributed by atoms with Crippen LogP contribution in [0.15, 0.2) is 30.3 Å². The van der Waals surface area contributed by atoms with Crippen LogP contribution >= 0.6 is 0 Å². The molecule has 5 heteroatoms. The highest BCUT2D eigenvalue weighted by Crippen LogP contribution is 2.25. The van der Waals surface area contributed by atoms with Gasteiger partial charge in [0.2, 0.25) is 0 Å². The van der Waals surface area contributed by atoms with Crippen molar-refractivity contribution in [3.05, 3.63) is 58.5 Å². The monoisotopic (exact) mass is 392 g/mol. The minimum Gasteiger partial charge on any atom is -0.493 e. The topological polar surface area (TPSA) is 65.4 Å². The largest absolute Gasteiger partial charge is 0.493 e. The van der Waals surface area contributed by atoms with Crippen LogP contribution in [0.4, 0.5) is 0 Å². The second-order valence-corrected chi connectivity index (χ2v) is 8.47. The van der Waals surface area contributed by atoms with E-state index in [-0.39, 0.29) is 0 Å². The van der Waals surface area contributed by atoms with E-state index in [2.05, 4.69) is 44.2 Å². The maximum Gasteiger partial charge on any atom is 0.159 e. The molecule has 4 rings (SSSR count). The highest BCUT2D eigenvalue weighted by molar-refractivity contribution is 5.53. The summed E-state index contributed by atoms with van der Waals surface area (Å²) in [4.78, 5) is 4.77. The summed E-state index contributed by atoms with van der Waals surface area (Å²) >= 11 is 0. The molecule has 2 aromatic heterocycles. The Morgan fingerprint density at radius 3 is 2.52 bits per heavy atom. The summed E-state index contributed by atoms with van der Waals surface area (Å²) in [6.45, 7) is 7.08. The zero-order chi connectivity index (χ0) is 20.4. The minimum atomic E-state index is 0.389. The number of fused-ring (bicyclic) bond motifs is 1. The molecule has 0 saturated heterocycles. The van der Waals surface area contributed by atoms with Crippen LogP contribution in [0.1, 0.15) is 60.8 Å². The van der Waals surface area contributed by atoms with Gasteiger partial charge in [0.15, 0.2) is 5.65 Å². The smallest absolute Gasteiger partial charge is 0.159 e. The fourth-order valence-corrected chi connectivity index (χ4v) is 4.35. The van der Waals surface area contributed by atoms with Gasteiger partial charge in [-0.15, -0.1) is 0 Å². The molecular weight excluding hydrogens is 360 g/mol. The lowest BCUT2D eigenvalue weighted by Crippen LogP contribution is -2.28. The van der Waals surface area contributed by atoms with E-state index in [1.54, 1.807) is 0 Å². The van der Waals surface area contributed by atoms with Crippen LogP contribution in [0.2, 0.25) is 0 Å². The van der Waals surface area contributed by atoms with E-state index >= 15 is 0 Å². The Balaban J connectivity index is 1.46. The van der Waals surface area contributed by atoms with E-state index in [1.165, 1.54) is 24.0 Å². The van der Waals surface area contributed by atoms with Crippen LogP contribution in [-0.4, -0.2) is 27.2 Å². The molecule has 154 valence electrons. The summed E-state index contributed by atoms with van der Waals surface area (Å²) in [6.07, 6.45) is 6.35. The number of nitrogens with two attached hydrogens (primary N) is 1. The number of ether oxygens (including phenoxy) is 1. The standard InChI is InChI=1S/C24H32N4O/c1-4-23-22(24-26-16(2)13-17(3)28(24)27-23)14-18-7-11-21(12-8-18)29-15-19-5-9-20(25)10-6-19/h7-8,11-13,19-20H,4-6,9-10,14-15,25H2,1-3H3. The number of hydrogen-bond donors (Lipinski definition) is 1. The molecule has 0 spiro atoms. The Labute approximate surface area is 173 Å². The number of aromatic nitrogens is 3. The van der Waals surface area contributed by atoms with Gasteiger partial charge in [0.25, 0.3) is 0 Å². The maximum absolute atomic E-state index is 6.05. The van der Waals surface area contributed by atoms with Gasteiger partial charge < -0.3 is 10.5 Å². The summed E-state index contributed by atoms with van der Waals surface area (Å²) < 4.78 is 8.03. The van der Waals surface area contributed by atoms with Crippen LogP contribution in [0.5, 0.6) is 5.75 Å². The van der Waals surface area contributed by atoms with Gasteiger partial charge in [0, 0.05) is 29.4 Å². The molecule has 2 heterocycles. The van der Waals surface area contributed by atoms with Crippen LogP contribution in [0.25, 0.3) is 5.65 Å². The fraction of sp³-hybridized carbons (Fsp3) is 0.500. The quantitative estimate of drug-likeness (QED) is 0.675. The second kappa shape index (κ2) is 8.54. The van der Waals surface area contributed by atoms with Crippen molar-refractivity contribution in [2.45, 2.75) is 65.3 Å². The van der Waals surface area contributed by atoms with Crippen molar-refractivity contribution in [2.75, 3.05) is 6.61 Å².